The van der Waals surface area contributed by atoms with E-state index in [4.69, 9.17) is 4.74 Å². The molecule has 0 spiro atoms. The van der Waals surface area contributed by atoms with Gasteiger partial charge in [0.2, 0.25) is 5.91 Å². The summed E-state index contributed by atoms with van der Waals surface area (Å²) in [4.78, 5) is 23.1. The highest BCUT2D eigenvalue weighted by atomic mass is 16.5. The second-order valence-corrected chi connectivity index (χ2v) is 4.44. The molecule has 0 saturated heterocycles. The van der Waals surface area contributed by atoms with E-state index in [9.17, 15) is 9.59 Å². The van der Waals surface area contributed by atoms with Gasteiger partial charge in [-0.2, -0.15) is 0 Å². The standard InChI is InChI=1S/C12H24N2O4/c1-9(2)7-10(12(16)18-4)14-11(15)8-13-5-6-17-3/h9-10,13H,5-8H2,1-4H3,(H,14,15). The van der Waals surface area contributed by atoms with Crippen molar-refractivity contribution in [2.75, 3.05) is 33.9 Å². The van der Waals surface area contributed by atoms with Crippen molar-refractivity contribution in [3.05, 3.63) is 0 Å². The third-order valence-electron chi connectivity index (χ3n) is 2.30. The van der Waals surface area contributed by atoms with E-state index in [-0.39, 0.29) is 12.5 Å². The lowest BCUT2D eigenvalue weighted by Crippen LogP contribution is -2.46. The molecule has 0 heterocycles. The molecule has 0 aromatic rings. The fraction of sp³-hybridized carbons (Fsp3) is 0.833. The molecule has 18 heavy (non-hydrogen) atoms. The molecule has 6 heteroatoms. The number of hydrogen-bond acceptors (Lipinski definition) is 5. The maximum absolute atomic E-state index is 11.6. The van der Waals surface area contributed by atoms with E-state index in [2.05, 4.69) is 15.4 Å². The summed E-state index contributed by atoms with van der Waals surface area (Å²) < 4.78 is 9.51. The highest BCUT2D eigenvalue weighted by Gasteiger charge is 2.22. The topological polar surface area (TPSA) is 76.7 Å². The van der Waals surface area contributed by atoms with Gasteiger partial charge in [-0.05, 0) is 12.3 Å². The molecule has 0 aliphatic heterocycles. The fourth-order valence-corrected chi connectivity index (χ4v) is 1.45. The zero-order valence-corrected chi connectivity index (χ0v) is 11.6. The number of carbonyl (C=O) groups excluding carboxylic acids is 2. The molecule has 0 radical (unpaired) electrons. The zero-order valence-electron chi connectivity index (χ0n) is 11.6. The third-order valence-corrected chi connectivity index (χ3v) is 2.30. The van der Waals surface area contributed by atoms with Crippen molar-refractivity contribution in [3.63, 3.8) is 0 Å². The highest BCUT2D eigenvalue weighted by Crippen LogP contribution is 2.05. The summed E-state index contributed by atoms with van der Waals surface area (Å²) in [5.41, 5.74) is 0. The first-order valence-corrected chi connectivity index (χ1v) is 6.08. The molecule has 0 aromatic heterocycles. The molecule has 0 aliphatic rings. The SMILES string of the molecule is COCCNCC(=O)NC(CC(C)C)C(=O)OC. The molecule has 0 fully saturated rings. The van der Waals surface area contributed by atoms with Gasteiger partial charge in [-0.25, -0.2) is 4.79 Å². The summed E-state index contributed by atoms with van der Waals surface area (Å²) in [5.74, 6) is -0.327. The molecule has 0 saturated carbocycles. The number of rotatable bonds is 9. The number of ether oxygens (including phenoxy) is 2. The van der Waals surface area contributed by atoms with E-state index in [1.54, 1.807) is 7.11 Å². The molecule has 0 aromatic carbocycles. The minimum absolute atomic E-state index is 0.162. The maximum Gasteiger partial charge on any atom is 0.328 e. The molecule has 0 aliphatic carbocycles. The van der Waals surface area contributed by atoms with Crippen molar-refractivity contribution < 1.29 is 19.1 Å². The van der Waals surface area contributed by atoms with Crippen LogP contribution in [0.15, 0.2) is 0 Å². The van der Waals surface area contributed by atoms with E-state index in [0.717, 1.165) is 0 Å². The van der Waals surface area contributed by atoms with Gasteiger partial charge in [0.15, 0.2) is 0 Å². The highest BCUT2D eigenvalue weighted by molar-refractivity contribution is 5.85. The summed E-state index contributed by atoms with van der Waals surface area (Å²) in [5, 5.41) is 5.57. The minimum atomic E-state index is -0.577. The molecule has 1 atom stereocenters. The predicted octanol–water partition coefficient (Wildman–Crippen LogP) is -0.0737. The van der Waals surface area contributed by atoms with Gasteiger partial charge < -0.3 is 20.1 Å². The van der Waals surface area contributed by atoms with Crippen molar-refractivity contribution in [2.45, 2.75) is 26.3 Å². The van der Waals surface area contributed by atoms with Crippen LogP contribution in [-0.2, 0) is 19.1 Å². The molecule has 1 unspecified atom stereocenters. The maximum atomic E-state index is 11.6. The molecule has 1 amide bonds. The first kappa shape index (κ1) is 16.9. The average molecular weight is 260 g/mol. The van der Waals surface area contributed by atoms with Crippen LogP contribution in [0.2, 0.25) is 0 Å². The number of methoxy groups -OCH3 is 2. The monoisotopic (exact) mass is 260 g/mol. The Morgan fingerprint density at radius 3 is 2.39 bits per heavy atom. The molecule has 106 valence electrons. The Morgan fingerprint density at radius 2 is 1.89 bits per heavy atom. The Morgan fingerprint density at radius 1 is 1.22 bits per heavy atom. The summed E-state index contributed by atoms with van der Waals surface area (Å²) in [7, 11) is 2.91. The predicted molar refractivity (Wildman–Crippen MR) is 68.1 cm³/mol. The van der Waals surface area contributed by atoms with Crippen LogP contribution in [0, 0.1) is 5.92 Å². The van der Waals surface area contributed by atoms with Crippen molar-refractivity contribution in [1.29, 1.82) is 0 Å². The minimum Gasteiger partial charge on any atom is -0.467 e. The van der Waals surface area contributed by atoms with E-state index in [1.165, 1.54) is 7.11 Å². The Bertz CT molecular complexity index is 256. The number of esters is 1. The number of carbonyl (C=O) groups is 2. The molecular weight excluding hydrogens is 236 g/mol. The molecular formula is C12H24N2O4. The van der Waals surface area contributed by atoms with Crippen molar-refractivity contribution in [3.8, 4) is 0 Å². The third kappa shape index (κ3) is 8.03. The van der Waals surface area contributed by atoms with Crippen LogP contribution >= 0.6 is 0 Å². The average Bonchev–Trinajstić information content (AvgIpc) is 2.32. The normalized spacial score (nSPS) is 12.3. The Labute approximate surface area is 108 Å². The van der Waals surface area contributed by atoms with Crippen LogP contribution in [0.25, 0.3) is 0 Å². The van der Waals surface area contributed by atoms with Gasteiger partial charge in [0, 0.05) is 13.7 Å². The second kappa shape index (κ2) is 9.85. The van der Waals surface area contributed by atoms with Crippen molar-refractivity contribution in [1.82, 2.24) is 10.6 Å². The van der Waals surface area contributed by atoms with Gasteiger partial charge >= 0.3 is 5.97 Å². The van der Waals surface area contributed by atoms with E-state index in [0.29, 0.717) is 25.5 Å². The van der Waals surface area contributed by atoms with Gasteiger partial charge in [-0.1, -0.05) is 13.8 Å². The van der Waals surface area contributed by atoms with E-state index >= 15 is 0 Å². The van der Waals surface area contributed by atoms with Crippen LogP contribution in [0.5, 0.6) is 0 Å². The largest absolute Gasteiger partial charge is 0.467 e. The van der Waals surface area contributed by atoms with Crippen LogP contribution in [-0.4, -0.2) is 51.8 Å². The fourth-order valence-electron chi connectivity index (χ4n) is 1.45. The van der Waals surface area contributed by atoms with Gasteiger partial charge in [0.25, 0.3) is 0 Å². The van der Waals surface area contributed by atoms with Gasteiger partial charge in [0.1, 0.15) is 6.04 Å². The van der Waals surface area contributed by atoms with Crippen LogP contribution in [0.3, 0.4) is 0 Å². The first-order chi connectivity index (χ1) is 8.51. The van der Waals surface area contributed by atoms with Crippen LogP contribution in [0.1, 0.15) is 20.3 Å². The summed E-state index contributed by atoms with van der Waals surface area (Å²) >= 11 is 0. The molecule has 6 nitrogen and oxygen atoms in total. The quantitative estimate of drug-likeness (QED) is 0.448. The molecule has 2 N–H and O–H groups in total. The van der Waals surface area contributed by atoms with Crippen molar-refractivity contribution in [2.24, 2.45) is 5.92 Å². The Hall–Kier alpha value is -1.14. The molecule has 0 bridgehead atoms. The lowest BCUT2D eigenvalue weighted by molar-refractivity contribution is -0.145. The first-order valence-electron chi connectivity index (χ1n) is 6.08. The van der Waals surface area contributed by atoms with Crippen LogP contribution in [0.4, 0.5) is 0 Å². The summed E-state index contributed by atoms with van der Waals surface area (Å²) in [6, 6.07) is -0.577. The van der Waals surface area contributed by atoms with Gasteiger partial charge in [-0.15, -0.1) is 0 Å². The lowest BCUT2D eigenvalue weighted by Gasteiger charge is -2.18. The Balaban J connectivity index is 4.06. The summed E-state index contributed by atoms with van der Waals surface area (Å²) in [6.07, 6.45) is 0.566. The molecule has 0 rings (SSSR count). The Kier molecular flexibility index (Phi) is 9.22. The van der Waals surface area contributed by atoms with Gasteiger partial charge in [0.05, 0.1) is 20.3 Å². The van der Waals surface area contributed by atoms with Crippen LogP contribution < -0.4 is 10.6 Å². The lowest BCUT2D eigenvalue weighted by atomic mass is 10.0. The number of hydrogen-bond donors (Lipinski definition) is 2. The van der Waals surface area contributed by atoms with E-state index < -0.39 is 12.0 Å². The number of nitrogens with one attached hydrogen (secondary N) is 2. The van der Waals surface area contributed by atoms with Gasteiger partial charge in [-0.3, -0.25) is 4.79 Å². The second-order valence-electron chi connectivity index (χ2n) is 4.44. The summed E-state index contributed by atoms with van der Waals surface area (Å²) in [6.45, 7) is 5.27. The van der Waals surface area contributed by atoms with E-state index in [1.807, 2.05) is 13.8 Å². The zero-order chi connectivity index (χ0) is 14.0. The number of amides is 1. The van der Waals surface area contributed by atoms with Crippen molar-refractivity contribution >= 4 is 11.9 Å². The smallest absolute Gasteiger partial charge is 0.328 e.